The average molecular weight is 306 g/mol. The van der Waals surface area contributed by atoms with Gasteiger partial charge in [-0.25, -0.2) is 8.78 Å². The lowest BCUT2D eigenvalue weighted by molar-refractivity contribution is -0.130. The highest BCUT2D eigenvalue weighted by molar-refractivity contribution is 5.87. The highest BCUT2D eigenvalue weighted by Crippen LogP contribution is 2.44. The van der Waals surface area contributed by atoms with Gasteiger partial charge in [-0.05, 0) is 56.8 Å². The second kappa shape index (κ2) is 5.01. The number of halogens is 2. The van der Waals surface area contributed by atoms with Gasteiger partial charge in [0.05, 0.1) is 0 Å². The Morgan fingerprint density at radius 3 is 2.64 bits per heavy atom. The van der Waals surface area contributed by atoms with Gasteiger partial charge in [-0.3, -0.25) is 9.69 Å². The quantitative estimate of drug-likeness (QED) is 0.931. The number of carbonyl (C=O) groups excluding carboxylic acids is 1. The van der Waals surface area contributed by atoms with E-state index in [1.165, 1.54) is 12.1 Å². The van der Waals surface area contributed by atoms with E-state index in [1.54, 1.807) is 0 Å². The predicted octanol–water partition coefficient (Wildman–Crippen LogP) is 2.57. The number of benzene rings is 1. The maximum Gasteiger partial charge on any atom is 0.240 e. The molecule has 1 N–H and O–H groups in total. The molecule has 1 aliphatic carbocycles. The van der Waals surface area contributed by atoms with E-state index >= 15 is 0 Å². The zero-order valence-electron chi connectivity index (χ0n) is 12.4. The molecule has 0 spiro atoms. The summed E-state index contributed by atoms with van der Waals surface area (Å²) >= 11 is 0. The highest BCUT2D eigenvalue weighted by atomic mass is 19.1. The summed E-state index contributed by atoms with van der Waals surface area (Å²) in [6.45, 7) is 2.02. The van der Waals surface area contributed by atoms with Crippen LogP contribution in [-0.2, 0) is 4.79 Å². The fourth-order valence-corrected chi connectivity index (χ4v) is 4.28. The zero-order chi connectivity index (χ0) is 15.3. The van der Waals surface area contributed by atoms with Crippen molar-refractivity contribution in [1.82, 2.24) is 10.2 Å². The van der Waals surface area contributed by atoms with Crippen LogP contribution in [0.25, 0.3) is 0 Å². The molecule has 2 atom stereocenters. The molecule has 0 aromatic heterocycles. The predicted molar refractivity (Wildman–Crippen MR) is 78.4 cm³/mol. The molecule has 2 heterocycles. The van der Waals surface area contributed by atoms with Crippen LogP contribution in [0.3, 0.4) is 0 Å². The molecule has 5 heteroatoms. The van der Waals surface area contributed by atoms with Crippen molar-refractivity contribution in [3.8, 4) is 0 Å². The van der Waals surface area contributed by atoms with E-state index in [-0.39, 0.29) is 23.4 Å². The van der Waals surface area contributed by atoms with Gasteiger partial charge in [-0.15, -0.1) is 0 Å². The molecule has 2 aliphatic heterocycles. The molecule has 3 fully saturated rings. The largest absolute Gasteiger partial charge is 0.351 e. The van der Waals surface area contributed by atoms with E-state index in [2.05, 4.69) is 10.2 Å². The molecule has 3 aliphatic rings. The van der Waals surface area contributed by atoms with E-state index in [0.717, 1.165) is 51.3 Å². The fraction of sp³-hybridized carbons (Fsp3) is 0.588. The summed E-state index contributed by atoms with van der Waals surface area (Å²) in [7, 11) is 0. The molecular weight excluding hydrogens is 286 g/mol. The van der Waals surface area contributed by atoms with E-state index < -0.39 is 11.6 Å². The molecular formula is C17H20F2N2O. The van der Waals surface area contributed by atoms with Crippen molar-refractivity contribution < 1.29 is 13.6 Å². The summed E-state index contributed by atoms with van der Waals surface area (Å²) in [6.07, 6.45) is 4.76. The van der Waals surface area contributed by atoms with Crippen LogP contribution in [-0.4, -0.2) is 35.5 Å². The van der Waals surface area contributed by atoms with Crippen molar-refractivity contribution in [3.63, 3.8) is 0 Å². The normalized spacial score (nSPS) is 29.4. The van der Waals surface area contributed by atoms with Crippen molar-refractivity contribution in [1.29, 1.82) is 0 Å². The molecule has 118 valence electrons. The number of carbonyl (C=O) groups is 1. The molecule has 2 saturated heterocycles. The van der Waals surface area contributed by atoms with Crippen molar-refractivity contribution in [2.75, 3.05) is 13.1 Å². The van der Waals surface area contributed by atoms with Crippen LogP contribution in [0.2, 0.25) is 0 Å². The van der Waals surface area contributed by atoms with E-state index in [9.17, 15) is 13.6 Å². The molecule has 22 heavy (non-hydrogen) atoms. The average Bonchev–Trinajstić information content (AvgIpc) is 2.92. The SMILES string of the molecule is O=C(N[C@@H]1C[C@H]1c1ccc(F)cc1F)C12CCCN1CCC2. The summed E-state index contributed by atoms with van der Waals surface area (Å²) in [5.74, 6) is -0.980. The van der Waals surface area contributed by atoms with Gasteiger partial charge < -0.3 is 5.32 Å². The van der Waals surface area contributed by atoms with Crippen molar-refractivity contribution in [2.24, 2.45) is 0 Å². The molecule has 0 radical (unpaired) electrons. The van der Waals surface area contributed by atoms with Crippen LogP contribution >= 0.6 is 0 Å². The number of fused-ring (bicyclic) bond motifs is 1. The maximum atomic E-state index is 13.8. The Labute approximate surface area is 128 Å². The minimum Gasteiger partial charge on any atom is -0.351 e. The summed E-state index contributed by atoms with van der Waals surface area (Å²) < 4.78 is 26.8. The van der Waals surface area contributed by atoms with Gasteiger partial charge in [0, 0.05) is 18.0 Å². The number of amides is 1. The Morgan fingerprint density at radius 1 is 1.23 bits per heavy atom. The number of nitrogens with zero attached hydrogens (tertiary/aromatic N) is 1. The van der Waals surface area contributed by atoms with Crippen molar-refractivity contribution in [2.45, 2.75) is 49.6 Å². The second-order valence-electron chi connectivity index (χ2n) is 6.81. The minimum absolute atomic E-state index is 0.00936. The Balaban J connectivity index is 1.44. The number of hydrogen-bond donors (Lipinski definition) is 1. The molecule has 1 amide bonds. The van der Waals surface area contributed by atoms with Gasteiger partial charge in [0.1, 0.15) is 17.2 Å². The van der Waals surface area contributed by atoms with Crippen LogP contribution < -0.4 is 5.32 Å². The lowest BCUT2D eigenvalue weighted by atomic mass is 9.93. The highest BCUT2D eigenvalue weighted by Gasteiger charge is 2.52. The monoisotopic (exact) mass is 306 g/mol. The third-order valence-corrected chi connectivity index (χ3v) is 5.53. The first-order chi connectivity index (χ1) is 10.6. The van der Waals surface area contributed by atoms with Crippen LogP contribution in [0.15, 0.2) is 18.2 Å². The summed E-state index contributed by atoms with van der Waals surface area (Å²) in [5.41, 5.74) is 0.202. The minimum atomic E-state index is -0.561. The maximum absolute atomic E-state index is 13.8. The molecule has 1 saturated carbocycles. The Bertz CT molecular complexity index is 609. The van der Waals surface area contributed by atoms with Gasteiger partial charge in [0.25, 0.3) is 0 Å². The van der Waals surface area contributed by atoms with E-state index in [0.29, 0.717) is 5.56 Å². The van der Waals surface area contributed by atoms with Crippen LogP contribution in [0.4, 0.5) is 8.78 Å². The van der Waals surface area contributed by atoms with Gasteiger partial charge in [0.2, 0.25) is 5.91 Å². The van der Waals surface area contributed by atoms with Gasteiger partial charge in [-0.1, -0.05) is 6.07 Å². The van der Waals surface area contributed by atoms with E-state index in [1.807, 2.05) is 0 Å². The van der Waals surface area contributed by atoms with E-state index in [4.69, 9.17) is 0 Å². The Morgan fingerprint density at radius 2 is 1.95 bits per heavy atom. The smallest absolute Gasteiger partial charge is 0.240 e. The summed E-state index contributed by atoms with van der Waals surface area (Å²) in [5, 5.41) is 3.11. The molecule has 1 aromatic rings. The zero-order valence-corrected chi connectivity index (χ0v) is 12.4. The standard InChI is InChI=1S/C17H20F2N2O/c18-11-3-4-12(14(19)9-11)13-10-15(13)20-16(22)17-5-1-7-21(17)8-2-6-17/h3-4,9,13,15H,1-2,5-8,10H2,(H,20,22)/t13-,15+/m0/s1. The number of nitrogens with one attached hydrogen (secondary N) is 1. The molecule has 1 aromatic carbocycles. The first-order valence-corrected chi connectivity index (χ1v) is 8.11. The molecule has 0 bridgehead atoms. The van der Waals surface area contributed by atoms with Gasteiger partial charge in [-0.2, -0.15) is 0 Å². The Kier molecular flexibility index (Phi) is 3.22. The Hall–Kier alpha value is -1.49. The topological polar surface area (TPSA) is 32.3 Å². The molecule has 4 rings (SSSR count). The molecule has 0 unspecified atom stereocenters. The summed E-state index contributed by atoms with van der Waals surface area (Å²) in [6, 6.07) is 3.69. The van der Waals surface area contributed by atoms with Crippen LogP contribution in [0, 0.1) is 11.6 Å². The lowest BCUT2D eigenvalue weighted by Crippen LogP contribution is -2.52. The van der Waals surface area contributed by atoms with Crippen LogP contribution in [0.5, 0.6) is 0 Å². The molecule has 3 nitrogen and oxygen atoms in total. The van der Waals surface area contributed by atoms with Crippen molar-refractivity contribution >= 4 is 5.91 Å². The first kappa shape index (κ1) is 14.1. The third kappa shape index (κ3) is 2.14. The fourth-order valence-electron chi connectivity index (χ4n) is 4.28. The first-order valence-electron chi connectivity index (χ1n) is 8.11. The second-order valence-corrected chi connectivity index (χ2v) is 6.81. The van der Waals surface area contributed by atoms with Crippen LogP contribution in [0.1, 0.15) is 43.6 Å². The third-order valence-electron chi connectivity index (χ3n) is 5.53. The van der Waals surface area contributed by atoms with Gasteiger partial charge in [0.15, 0.2) is 0 Å². The van der Waals surface area contributed by atoms with Crippen molar-refractivity contribution in [3.05, 3.63) is 35.4 Å². The summed E-state index contributed by atoms with van der Waals surface area (Å²) in [4.78, 5) is 15.0. The van der Waals surface area contributed by atoms with Gasteiger partial charge >= 0.3 is 0 Å². The lowest BCUT2D eigenvalue weighted by Gasteiger charge is -2.30. The number of hydrogen-bond acceptors (Lipinski definition) is 2. The number of rotatable bonds is 3.